The summed E-state index contributed by atoms with van der Waals surface area (Å²) >= 11 is 0. The zero-order valence-electron chi connectivity index (χ0n) is 15.7. The van der Waals surface area contributed by atoms with Crippen LogP contribution in [0.5, 0.6) is 0 Å². The minimum absolute atomic E-state index is 0.146. The number of hydrogen-bond donors (Lipinski definition) is 0. The Labute approximate surface area is 143 Å². The van der Waals surface area contributed by atoms with Crippen LogP contribution in [0.4, 0.5) is 0 Å². The molecule has 0 spiro atoms. The number of allylic oxidation sites excluding steroid dienone is 5. The lowest BCUT2D eigenvalue weighted by atomic mass is 10.1. The predicted molar refractivity (Wildman–Crippen MR) is 104 cm³/mol. The molecule has 0 saturated heterocycles. The first kappa shape index (κ1) is 21.5. The summed E-state index contributed by atoms with van der Waals surface area (Å²) < 4.78 is 5.27. The fourth-order valence-corrected chi connectivity index (χ4v) is 1.97. The van der Waals surface area contributed by atoms with E-state index in [1.165, 1.54) is 30.4 Å². The van der Waals surface area contributed by atoms with Crippen molar-refractivity contribution in [2.75, 3.05) is 20.2 Å². The maximum atomic E-state index is 5.27. The highest BCUT2D eigenvalue weighted by Gasteiger charge is 2.02. The van der Waals surface area contributed by atoms with Crippen molar-refractivity contribution in [2.24, 2.45) is 0 Å². The minimum atomic E-state index is 0.146. The number of methoxy groups -OCH3 is 1. The van der Waals surface area contributed by atoms with Crippen molar-refractivity contribution in [3.05, 3.63) is 60.4 Å². The van der Waals surface area contributed by atoms with Crippen LogP contribution < -0.4 is 0 Å². The van der Waals surface area contributed by atoms with E-state index in [-0.39, 0.29) is 6.10 Å². The van der Waals surface area contributed by atoms with Crippen molar-refractivity contribution in [1.82, 2.24) is 4.90 Å². The molecule has 0 saturated carbocycles. The maximum Gasteiger partial charge on any atom is 0.0727 e. The molecule has 0 aliphatic heterocycles. The molecule has 23 heavy (non-hydrogen) atoms. The first-order valence-corrected chi connectivity index (χ1v) is 8.65. The van der Waals surface area contributed by atoms with Gasteiger partial charge in [0.25, 0.3) is 0 Å². The van der Waals surface area contributed by atoms with E-state index in [4.69, 9.17) is 4.74 Å². The fraction of sp³-hybridized carbons (Fsp3) is 0.524. The molecular weight excluding hydrogens is 282 g/mol. The van der Waals surface area contributed by atoms with Crippen LogP contribution in [-0.4, -0.2) is 31.2 Å². The second-order valence-electron chi connectivity index (χ2n) is 5.80. The molecule has 0 aliphatic rings. The Hall–Kier alpha value is -1.54. The second-order valence-corrected chi connectivity index (χ2v) is 5.80. The standard InChI is InChI=1S/C21H35NO/c1-7-10-11-16-22(17-12-13-19(4)8-2)18-21(9-3)15-14-20(5)23-6/h8-9,12-15,17,20H,2,7,10-11,16,18H2,1,3-6H3/b15-14-,17-12+,19-13-,21-9+. The Kier molecular flexibility index (Phi) is 13.1. The van der Waals surface area contributed by atoms with Crippen molar-refractivity contribution < 1.29 is 4.74 Å². The Morgan fingerprint density at radius 3 is 2.61 bits per heavy atom. The number of unbranched alkanes of at least 4 members (excludes halogenated alkanes) is 2. The zero-order chi connectivity index (χ0) is 17.5. The molecule has 1 unspecified atom stereocenters. The first-order valence-electron chi connectivity index (χ1n) is 8.65. The molecule has 0 aromatic carbocycles. The Morgan fingerprint density at radius 1 is 1.30 bits per heavy atom. The Bertz CT molecular complexity index is 429. The average molecular weight is 318 g/mol. The van der Waals surface area contributed by atoms with E-state index in [1.54, 1.807) is 7.11 Å². The molecular formula is C21H35NO. The summed E-state index contributed by atoms with van der Waals surface area (Å²) in [6.07, 6.45) is 18.6. The van der Waals surface area contributed by atoms with Crippen LogP contribution in [0.2, 0.25) is 0 Å². The third-order valence-corrected chi connectivity index (χ3v) is 3.74. The van der Waals surface area contributed by atoms with Gasteiger partial charge >= 0.3 is 0 Å². The molecule has 0 amide bonds. The number of ether oxygens (including phenoxy) is 1. The molecule has 0 aromatic rings. The topological polar surface area (TPSA) is 12.5 Å². The van der Waals surface area contributed by atoms with Crippen LogP contribution in [0.1, 0.15) is 47.0 Å². The molecule has 0 fully saturated rings. The highest BCUT2D eigenvalue weighted by Crippen LogP contribution is 2.07. The maximum absolute atomic E-state index is 5.27. The summed E-state index contributed by atoms with van der Waals surface area (Å²) in [7, 11) is 1.73. The molecule has 2 heteroatoms. The van der Waals surface area contributed by atoms with Gasteiger partial charge in [-0.25, -0.2) is 0 Å². The van der Waals surface area contributed by atoms with Gasteiger partial charge in [-0.2, -0.15) is 0 Å². The van der Waals surface area contributed by atoms with Gasteiger partial charge in [0.15, 0.2) is 0 Å². The second kappa shape index (κ2) is 14.1. The highest BCUT2D eigenvalue weighted by atomic mass is 16.5. The lowest BCUT2D eigenvalue weighted by Crippen LogP contribution is -2.21. The van der Waals surface area contributed by atoms with Gasteiger partial charge in [0.2, 0.25) is 0 Å². The van der Waals surface area contributed by atoms with Crippen LogP contribution in [0.25, 0.3) is 0 Å². The van der Waals surface area contributed by atoms with Crippen molar-refractivity contribution in [2.45, 2.75) is 53.1 Å². The number of rotatable bonds is 12. The van der Waals surface area contributed by atoms with Crippen LogP contribution in [0.15, 0.2) is 60.4 Å². The van der Waals surface area contributed by atoms with E-state index in [2.05, 4.69) is 68.8 Å². The first-order chi connectivity index (χ1) is 11.1. The molecule has 0 radical (unpaired) electrons. The van der Waals surface area contributed by atoms with Crippen molar-refractivity contribution >= 4 is 0 Å². The molecule has 0 rings (SSSR count). The quantitative estimate of drug-likeness (QED) is 0.340. The molecule has 0 aromatic heterocycles. The van der Waals surface area contributed by atoms with Gasteiger partial charge in [0.05, 0.1) is 6.10 Å². The molecule has 0 bridgehead atoms. The zero-order valence-corrected chi connectivity index (χ0v) is 15.7. The van der Waals surface area contributed by atoms with Gasteiger partial charge in [-0.1, -0.05) is 62.3 Å². The molecule has 0 heterocycles. The van der Waals surface area contributed by atoms with Crippen molar-refractivity contribution in [3.63, 3.8) is 0 Å². The van der Waals surface area contributed by atoms with Crippen LogP contribution >= 0.6 is 0 Å². The fourth-order valence-electron chi connectivity index (χ4n) is 1.97. The molecule has 2 nitrogen and oxygen atoms in total. The third kappa shape index (κ3) is 11.7. The van der Waals surface area contributed by atoms with Gasteiger partial charge in [-0.05, 0) is 45.0 Å². The van der Waals surface area contributed by atoms with Crippen LogP contribution in [0.3, 0.4) is 0 Å². The van der Waals surface area contributed by atoms with Crippen molar-refractivity contribution in [1.29, 1.82) is 0 Å². The predicted octanol–water partition coefficient (Wildman–Crippen LogP) is 5.66. The Balaban J connectivity index is 4.83. The molecule has 0 aliphatic carbocycles. The number of hydrogen-bond acceptors (Lipinski definition) is 2. The minimum Gasteiger partial charge on any atom is -0.378 e. The van der Waals surface area contributed by atoms with E-state index in [0.717, 1.165) is 13.1 Å². The SMILES string of the molecule is C=C/C(C)=C\C=C\N(CCCCC)CC(/C=C\C(C)OC)=C/C. The van der Waals surface area contributed by atoms with Gasteiger partial charge < -0.3 is 9.64 Å². The monoisotopic (exact) mass is 317 g/mol. The molecule has 130 valence electrons. The lowest BCUT2D eigenvalue weighted by molar-refractivity contribution is 0.156. The molecule has 0 N–H and O–H groups in total. The van der Waals surface area contributed by atoms with Crippen LogP contribution in [-0.2, 0) is 4.74 Å². The lowest BCUT2D eigenvalue weighted by Gasteiger charge is -2.21. The largest absolute Gasteiger partial charge is 0.378 e. The number of nitrogens with zero attached hydrogens (tertiary/aromatic N) is 1. The van der Waals surface area contributed by atoms with Gasteiger partial charge in [-0.15, -0.1) is 0 Å². The summed E-state index contributed by atoms with van der Waals surface area (Å²) in [5, 5.41) is 0. The summed E-state index contributed by atoms with van der Waals surface area (Å²) in [5.41, 5.74) is 2.48. The van der Waals surface area contributed by atoms with E-state index in [1.807, 2.05) is 13.0 Å². The van der Waals surface area contributed by atoms with E-state index < -0.39 is 0 Å². The van der Waals surface area contributed by atoms with Gasteiger partial charge in [0.1, 0.15) is 0 Å². The Morgan fingerprint density at radius 2 is 2.04 bits per heavy atom. The third-order valence-electron chi connectivity index (χ3n) is 3.74. The van der Waals surface area contributed by atoms with E-state index >= 15 is 0 Å². The summed E-state index contributed by atoms with van der Waals surface area (Å²) in [4.78, 5) is 2.37. The summed E-state index contributed by atoms with van der Waals surface area (Å²) in [5.74, 6) is 0. The normalized spacial score (nSPS) is 14.7. The van der Waals surface area contributed by atoms with Crippen molar-refractivity contribution in [3.8, 4) is 0 Å². The van der Waals surface area contributed by atoms with Gasteiger partial charge in [-0.3, -0.25) is 0 Å². The van der Waals surface area contributed by atoms with E-state index in [0.29, 0.717) is 0 Å². The average Bonchev–Trinajstić information content (AvgIpc) is 2.57. The summed E-state index contributed by atoms with van der Waals surface area (Å²) in [6, 6.07) is 0. The van der Waals surface area contributed by atoms with Gasteiger partial charge in [0, 0.05) is 20.2 Å². The highest BCUT2D eigenvalue weighted by molar-refractivity contribution is 5.22. The smallest absolute Gasteiger partial charge is 0.0727 e. The summed E-state index contributed by atoms with van der Waals surface area (Å²) in [6.45, 7) is 14.2. The van der Waals surface area contributed by atoms with Crippen LogP contribution in [0, 0.1) is 0 Å². The van der Waals surface area contributed by atoms with E-state index in [9.17, 15) is 0 Å². The molecule has 1 atom stereocenters.